The summed E-state index contributed by atoms with van der Waals surface area (Å²) in [7, 11) is 0. The van der Waals surface area contributed by atoms with E-state index in [9.17, 15) is 19.2 Å². The fraction of sp³-hybridized carbons (Fsp3) is 0.421. The van der Waals surface area contributed by atoms with Crippen LogP contribution in [0.4, 0.5) is 0 Å². The molecule has 8 rings (SSSR count). The maximum absolute atomic E-state index is 14.8. The lowest BCUT2D eigenvalue weighted by Crippen LogP contribution is -2.34. The maximum Gasteiger partial charge on any atom is 0.261 e. The zero-order chi connectivity index (χ0) is 58.2. The van der Waals surface area contributed by atoms with Crippen LogP contribution in [-0.2, 0) is 13.1 Å². The average molecular weight is 1110 g/mol. The smallest absolute Gasteiger partial charge is 0.261 e. The number of fused-ring (bicyclic) bond motifs is 1. The summed E-state index contributed by atoms with van der Waals surface area (Å²) >= 11 is 1.57. The van der Waals surface area contributed by atoms with Crippen LogP contribution in [0.5, 0.6) is 0 Å². The summed E-state index contributed by atoms with van der Waals surface area (Å²) in [5.74, 6) is 50.1. The summed E-state index contributed by atoms with van der Waals surface area (Å²) in [5.41, 5.74) is -1.08. The van der Waals surface area contributed by atoms with E-state index in [2.05, 4.69) is 133 Å². The number of nitrogens with zero attached hydrogens (tertiary/aromatic N) is 2. The van der Waals surface area contributed by atoms with Crippen molar-refractivity contribution in [2.24, 2.45) is 11.8 Å². The largest absolute Gasteiger partial charge is 0.274 e. The van der Waals surface area contributed by atoms with Crippen LogP contribution in [-0.4, -0.2) is 9.13 Å². The molecule has 2 unspecified atom stereocenters. The Labute approximate surface area is 494 Å². The minimum atomic E-state index is -0.321. The monoisotopic (exact) mass is 1110 g/mol. The Morgan fingerprint density at radius 1 is 0.361 bits per heavy atom. The Bertz CT molecular complexity index is 4490. The maximum atomic E-state index is 14.8. The minimum Gasteiger partial charge on any atom is -0.274 e. The summed E-state index contributed by atoms with van der Waals surface area (Å²) < 4.78 is 4.78. The molecule has 0 fully saturated rings. The van der Waals surface area contributed by atoms with Crippen LogP contribution < -0.4 is 22.2 Å². The number of hydrogen-bond donors (Lipinski definition) is 0. The van der Waals surface area contributed by atoms with Crippen molar-refractivity contribution in [1.29, 1.82) is 0 Å². The molecule has 0 bridgehead atoms. The SMILES string of the molecule is C#CC#CC#CC#CC#CC#CC#CC#CC#CC#CC(CCCCCCCC)CCn1c(=O)c2ccc3c4ccc5c(=O)n(CCC(CCCCCCCC)CCCCCCCCCC)c(=O)c6cc7sc8cc(c1=O)c2c3c8c7c4c56. The van der Waals surface area contributed by atoms with Crippen molar-refractivity contribution in [3.05, 3.63) is 77.8 Å². The van der Waals surface area contributed by atoms with E-state index in [4.69, 9.17) is 6.42 Å². The molecule has 416 valence electrons. The van der Waals surface area contributed by atoms with Crippen LogP contribution in [0.1, 0.15) is 181 Å². The Kier molecular flexibility index (Phi) is 23.1. The van der Waals surface area contributed by atoms with E-state index < -0.39 is 0 Å². The number of pyridine rings is 2. The lowest BCUT2D eigenvalue weighted by atomic mass is 9.86. The molecule has 0 saturated heterocycles. The first-order chi connectivity index (χ1) is 40.8. The summed E-state index contributed by atoms with van der Waals surface area (Å²) in [6.07, 6.45) is 34.0. The van der Waals surface area contributed by atoms with Gasteiger partial charge in [0.1, 0.15) is 0 Å². The van der Waals surface area contributed by atoms with Crippen LogP contribution in [0.2, 0.25) is 0 Å². The van der Waals surface area contributed by atoms with Gasteiger partial charge in [0.2, 0.25) is 0 Å². The highest BCUT2D eigenvalue weighted by molar-refractivity contribution is 7.26. The molecule has 6 nitrogen and oxygen atoms in total. The number of thiophene rings is 1. The predicted octanol–water partition coefficient (Wildman–Crippen LogP) is 15.3. The summed E-state index contributed by atoms with van der Waals surface area (Å²) in [4.78, 5) is 59.0. The number of hydrogen-bond acceptors (Lipinski definition) is 5. The van der Waals surface area contributed by atoms with Crippen LogP contribution in [0.25, 0.3) is 74.0 Å². The van der Waals surface area contributed by atoms with Crippen molar-refractivity contribution in [1.82, 2.24) is 9.13 Å². The third-order valence-corrected chi connectivity index (χ3v) is 17.4. The Morgan fingerprint density at radius 2 is 0.699 bits per heavy atom. The number of unbranched alkanes of at least 4 members (excludes halogenated alkanes) is 17. The van der Waals surface area contributed by atoms with Crippen LogP contribution >= 0.6 is 11.3 Å². The molecule has 2 atom stereocenters. The highest BCUT2D eigenvalue weighted by Gasteiger charge is 2.27. The number of aromatic nitrogens is 2. The van der Waals surface area contributed by atoms with E-state index >= 15 is 0 Å². The molecule has 83 heavy (non-hydrogen) atoms. The number of terminal acetylenes is 1. The van der Waals surface area contributed by atoms with Gasteiger partial charge in [-0.2, -0.15) is 0 Å². The molecule has 3 aromatic heterocycles. The highest BCUT2D eigenvalue weighted by atomic mass is 32.1. The third-order valence-electron chi connectivity index (χ3n) is 16.3. The van der Waals surface area contributed by atoms with Gasteiger partial charge in [0.15, 0.2) is 0 Å². The van der Waals surface area contributed by atoms with E-state index in [-0.39, 0.29) is 34.7 Å². The van der Waals surface area contributed by atoms with Crippen LogP contribution in [0.15, 0.2) is 55.6 Å². The first-order valence-electron chi connectivity index (χ1n) is 30.5. The molecular weight excluding hydrogens is 1040 g/mol. The minimum absolute atomic E-state index is 0.101. The van der Waals surface area contributed by atoms with Crippen molar-refractivity contribution >= 4 is 85.4 Å². The summed E-state index contributed by atoms with van der Waals surface area (Å²) in [6.45, 7) is 7.34. The molecular formula is C76H72N2O4S. The molecule has 0 saturated carbocycles. The molecule has 0 aliphatic rings. The van der Waals surface area contributed by atoms with Crippen molar-refractivity contribution in [2.75, 3.05) is 0 Å². The molecule has 0 amide bonds. The van der Waals surface area contributed by atoms with Crippen LogP contribution in [0, 0.1) is 131 Å². The van der Waals surface area contributed by atoms with Gasteiger partial charge in [-0.1, -0.05) is 180 Å². The third kappa shape index (κ3) is 15.1. The molecule has 0 aliphatic carbocycles. The van der Waals surface area contributed by atoms with Gasteiger partial charge in [0, 0.05) is 83.3 Å². The Morgan fingerprint density at radius 3 is 1.11 bits per heavy atom. The fourth-order valence-electron chi connectivity index (χ4n) is 12.1. The molecule has 8 aromatic rings. The van der Waals surface area contributed by atoms with E-state index in [0.29, 0.717) is 51.2 Å². The predicted molar refractivity (Wildman–Crippen MR) is 351 cm³/mol. The van der Waals surface area contributed by atoms with Crippen LogP contribution in [0.3, 0.4) is 0 Å². The second kappa shape index (κ2) is 31.6. The zero-order valence-corrected chi connectivity index (χ0v) is 49.5. The standard InChI is InChI=1S/C76H72N2O4S/c1-5-9-13-17-21-23-24-25-26-27-28-29-30-31-32-34-38-42-46-58(44-40-36-20-16-12-8-4)52-54-78-74(80)62-50-48-60-59-47-49-61-67-63(55-65-71(69(59)67)72-66(83-65)56-64(76(78)82)68(62)70(60)72)75(81)77(73(61)79)53-51-57(43-39-35-19-15-11-7-3)45-41-37-33-22-18-14-10-6-2/h1,47-50,55-58H,6-8,10-12,14-16,18-20,22,33,35-37,39-41,43-45,51-54H2,2-4H3. The number of rotatable bonds is 29. The molecule has 3 heterocycles. The Balaban J connectivity index is 1.05. The van der Waals surface area contributed by atoms with Gasteiger partial charge in [0.25, 0.3) is 22.2 Å². The first-order valence-corrected chi connectivity index (χ1v) is 31.3. The van der Waals surface area contributed by atoms with E-state index in [0.717, 1.165) is 86.7 Å². The summed E-state index contributed by atoms with van der Waals surface area (Å²) in [6, 6.07) is 11.7. The zero-order valence-electron chi connectivity index (χ0n) is 48.7. The van der Waals surface area contributed by atoms with Crippen molar-refractivity contribution in [3.63, 3.8) is 0 Å². The van der Waals surface area contributed by atoms with E-state index in [1.165, 1.54) is 118 Å². The second-order valence-corrected chi connectivity index (χ2v) is 23.1. The van der Waals surface area contributed by atoms with Crippen molar-refractivity contribution in [2.45, 2.75) is 194 Å². The molecule has 0 spiro atoms. The summed E-state index contributed by atoms with van der Waals surface area (Å²) in [5, 5.41) is 9.09. The molecule has 0 radical (unpaired) electrons. The molecule has 0 aliphatic heterocycles. The molecule has 0 N–H and O–H groups in total. The van der Waals surface area contributed by atoms with Crippen molar-refractivity contribution < 1.29 is 0 Å². The normalized spacial score (nSPS) is 11.3. The van der Waals surface area contributed by atoms with Gasteiger partial charge in [-0.25, -0.2) is 0 Å². The second-order valence-electron chi connectivity index (χ2n) is 22.0. The van der Waals surface area contributed by atoms with Gasteiger partial charge in [-0.05, 0) is 155 Å². The van der Waals surface area contributed by atoms with Gasteiger partial charge in [0.05, 0.1) is 10.8 Å². The molecule has 5 aromatic carbocycles. The van der Waals surface area contributed by atoms with Gasteiger partial charge in [-0.15, -0.1) is 17.8 Å². The van der Waals surface area contributed by atoms with Crippen molar-refractivity contribution in [3.8, 4) is 119 Å². The van der Waals surface area contributed by atoms with Gasteiger partial charge >= 0.3 is 0 Å². The molecule has 7 heteroatoms. The Hall–Kier alpha value is -8.50. The van der Waals surface area contributed by atoms with E-state index in [1.807, 2.05) is 36.4 Å². The lowest BCUT2D eigenvalue weighted by molar-refractivity contribution is 0.358. The number of benzene rings is 5. The highest BCUT2D eigenvalue weighted by Crippen LogP contribution is 2.51. The van der Waals surface area contributed by atoms with Gasteiger partial charge in [-0.3, -0.25) is 28.3 Å². The quantitative estimate of drug-likeness (QED) is 0.0203. The first kappa shape index (κ1) is 60.6. The van der Waals surface area contributed by atoms with E-state index in [1.54, 1.807) is 11.3 Å². The topological polar surface area (TPSA) is 78.1 Å². The fourth-order valence-corrected chi connectivity index (χ4v) is 13.3. The lowest BCUT2D eigenvalue weighted by Gasteiger charge is -2.19. The van der Waals surface area contributed by atoms with Gasteiger partial charge < -0.3 is 0 Å². The average Bonchev–Trinajstić information content (AvgIpc) is 3.24.